The predicted octanol–water partition coefficient (Wildman–Crippen LogP) is 1.51. The van der Waals surface area contributed by atoms with Crippen molar-refractivity contribution in [3.05, 3.63) is 24.3 Å². The van der Waals surface area contributed by atoms with Crippen molar-refractivity contribution in [3.8, 4) is 5.75 Å². The highest BCUT2D eigenvalue weighted by atomic mass is 16.5. The first kappa shape index (κ1) is 10.9. The lowest BCUT2D eigenvalue weighted by atomic mass is 10.2. The van der Waals surface area contributed by atoms with Gasteiger partial charge in [0.05, 0.1) is 13.2 Å². The second kappa shape index (κ2) is 4.86. The van der Waals surface area contributed by atoms with E-state index in [1.54, 1.807) is 14.0 Å². The van der Waals surface area contributed by atoms with Crippen LogP contribution in [0.1, 0.15) is 6.92 Å². The molecule has 0 aromatic heterocycles. The third-order valence-electron chi connectivity index (χ3n) is 2.03. The molecule has 0 spiro atoms. The van der Waals surface area contributed by atoms with Gasteiger partial charge in [-0.2, -0.15) is 0 Å². The quantitative estimate of drug-likeness (QED) is 0.790. The van der Waals surface area contributed by atoms with Gasteiger partial charge in [-0.1, -0.05) is 6.07 Å². The summed E-state index contributed by atoms with van der Waals surface area (Å²) in [6.07, 6.45) is -0.328. The molecule has 0 radical (unpaired) electrons. The molecule has 1 N–H and O–H groups in total. The topological polar surface area (TPSA) is 32.7 Å². The Bertz CT molecular complexity index is 286. The van der Waals surface area contributed by atoms with E-state index in [1.807, 2.05) is 36.2 Å². The lowest BCUT2D eigenvalue weighted by Gasteiger charge is -2.21. The summed E-state index contributed by atoms with van der Waals surface area (Å²) in [6, 6.07) is 7.78. The van der Waals surface area contributed by atoms with E-state index in [-0.39, 0.29) is 6.10 Å². The second-order valence-corrected chi connectivity index (χ2v) is 3.43. The first-order valence-electron chi connectivity index (χ1n) is 4.66. The van der Waals surface area contributed by atoms with Crippen LogP contribution in [0.25, 0.3) is 0 Å². The number of aliphatic hydroxyl groups is 1. The van der Waals surface area contributed by atoms with Crippen molar-refractivity contribution in [3.63, 3.8) is 0 Å². The molecule has 0 aliphatic heterocycles. The number of hydrogen-bond donors (Lipinski definition) is 1. The number of aliphatic hydroxyl groups excluding tert-OH is 1. The molecule has 0 bridgehead atoms. The molecular formula is C11H17NO2. The van der Waals surface area contributed by atoms with E-state index in [0.29, 0.717) is 6.54 Å². The summed E-state index contributed by atoms with van der Waals surface area (Å²) in [5.74, 6) is 0.833. The molecule has 0 unspecified atom stereocenters. The minimum atomic E-state index is -0.328. The van der Waals surface area contributed by atoms with Gasteiger partial charge in [0.25, 0.3) is 0 Å². The van der Waals surface area contributed by atoms with Crippen molar-refractivity contribution in [2.45, 2.75) is 13.0 Å². The molecule has 0 fully saturated rings. The maximum atomic E-state index is 9.24. The van der Waals surface area contributed by atoms with Gasteiger partial charge in [-0.15, -0.1) is 0 Å². The van der Waals surface area contributed by atoms with Crippen molar-refractivity contribution in [1.29, 1.82) is 0 Å². The second-order valence-electron chi connectivity index (χ2n) is 3.43. The summed E-state index contributed by atoms with van der Waals surface area (Å²) in [5, 5.41) is 9.24. The summed E-state index contributed by atoms with van der Waals surface area (Å²) in [7, 11) is 3.59. The predicted molar refractivity (Wildman–Crippen MR) is 57.9 cm³/mol. The number of benzene rings is 1. The van der Waals surface area contributed by atoms with Gasteiger partial charge >= 0.3 is 0 Å². The summed E-state index contributed by atoms with van der Waals surface area (Å²) >= 11 is 0. The summed E-state index contributed by atoms with van der Waals surface area (Å²) < 4.78 is 5.12. The van der Waals surface area contributed by atoms with Gasteiger partial charge in [-0.3, -0.25) is 0 Å². The van der Waals surface area contributed by atoms with Crippen LogP contribution in [0, 0.1) is 0 Å². The van der Waals surface area contributed by atoms with Crippen molar-refractivity contribution >= 4 is 5.69 Å². The molecule has 0 saturated carbocycles. The molecule has 1 aromatic carbocycles. The van der Waals surface area contributed by atoms with Gasteiger partial charge in [0.1, 0.15) is 5.75 Å². The number of methoxy groups -OCH3 is 1. The van der Waals surface area contributed by atoms with Gasteiger partial charge in [-0.25, -0.2) is 0 Å². The lowest BCUT2D eigenvalue weighted by Crippen LogP contribution is -2.26. The van der Waals surface area contributed by atoms with Crippen LogP contribution in [0.5, 0.6) is 5.75 Å². The highest BCUT2D eigenvalue weighted by molar-refractivity contribution is 5.50. The Hall–Kier alpha value is -1.22. The summed E-state index contributed by atoms with van der Waals surface area (Å²) in [4.78, 5) is 1.99. The molecule has 0 saturated heterocycles. The molecule has 3 heteroatoms. The fourth-order valence-electron chi connectivity index (χ4n) is 1.35. The Kier molecular flexibility index (Phi) is 3.77. The average Bonchev–Trinajstić information content (AvgIpc) is 2.17. The van der Waals surface area contributed by atoms with Crippen LogP contribution in [-0.2, 0) is 0 Å². The zero-order valence-electron chi connectivity index (χ0n) is 8.90. The zero-order valence-corrected chi connectivity index (χ0v) is 8.90. The standard InChI is InChI=1S/C11H17NO2/c1-9(13)8-12(2)10-5-4-6-11(7-10)14-3/h4-7,9,13H,8H2,1-3H3/t9-/m1/s1. The van der Waals surface area contributed by atoms with Crippen LogP contribution >= 0.6 is 0 Å². The van der Waals surface area contributed by atoms with E-state index >= 15 is 0 Å². The van der Waals surface area contributed by atoms with Crippen LogP contribution < -0.4 is 9.64 Å². The van der Waals surface area contributed by atoms with E-state index in [1.165, 1.54) is 0 Å². The normalized spacial score (nSPS) is 12.3. The number of nitrogens with zero attached hydrogens (tertiary/aromatic N) is 1. The van der Waals surface area contributed by atoms with Gasteiger partial charge < -0.3 is 14.7 Å². The number of likely N-dealkylation sites (N-methyl/N-ethyl adjacent to an activating group) is 1. The minimum absolute atomic E-state index is 0.328. The molecule has 1 rings (SSSR count). The fourth-order valence-corrected chi connectivity index (χ4v) is 1.35. The van der Waals surface area contributed by atoms with Crippen LogP contribution in [0.3, 0.4) is 0 Å². The molecule has 0 amide bonds. The van der Waals surface area contributed by atoms with Gasteiger partial charge in [-0.05, 0) is 19.1 Å². The third kappa shape index (κ3) is 2.92. The Morgan fingerprint density at radius 3 is 2.79 bits per heavy atom. The van der Waals surface area contributed by atoms with Crippen molar-refractivity contribution < 1.29 is 9.84 Å². The van der Waals surface area contributed by atoms with E-state index < -0.39 is 0 Å². The maximum Gasteiger partial charge on any atom is 0.120 e. The maximum absolute atomic E-state index is 9.24. The molecule has 1 atom stereocenters. The third-order valence-corrected chi connectivity index (χ3v) is 2.03. The molecule has 14 heavy (non-hydrogen) atoms. The van der Waals surface area contributed by atoms with Crippen molar-refractivity contribution in [1.82, 2.24) is 0 Å². The summed E-state index contributed by atoms with van der Waals surface area (Å²) in [6.45, 7) is 2.39. The Morgan fingerprint density at radius 2 is 2.21 bits per heavy atom. The Balaban J connectivity index is 2.73. The zero-order chi connectivity index (χ0) is 10.6. The monoisotopic (exact) mass is 195 g/mol. The van der Waals surface area contributed by atoms with E-state index in [2.05, 4.69) is 0 Å². The number of ether oxygens (including phenoxy) is 1. The van der Waals surface area contributed by atoms with Crippen LogP contribution in [0.15, 0.2) is 24.3 Å². The summed E-state index contributed by atoms with van der Waals surface area (Å²) in [5.41, 5.74) is 1.05. The van der Waals surface area contributed by atoms with Crippen molar-refractivity contribution in [2.75, 3.05) is 25.6 Å². The van der Waals surface area contributed by atoms with Crippen LogP contribution in [0.2, 0.25) is 0 Å². The highest BCUT2D eigenvalue weighted by Crippen LogP contribution is 2.19. The molecular weight excluding hydrogens is 178 g/mol. The molecule has 0 aliphatic carbocycles. The first-order valence-corrected chi connectivity index (χ1v) is 4.66. The van der Waals surface area contributed by atoms with E-state index in [9.17, 15) is 5.11 Å². The molecule has 0 heterocycles. The van der Waals surface area contributed by atoms with Crippen LogP contribution in [0.4, 0.5) is 5.69 Å². The average molecular weight is 195 g/mol. The van der Waals surface area contributed by atoms with Crippen molar-refractivity contribution in [2.24, 2.45) is 0 Å². The minimum Gasteiger partial charge on any atom is -0.497 e. The van der Waals surface area contributed by atoms with Gasteiger partial charge in [0.15, 0.2) is 0 Å². The van der Waals surface area contributed by atoms with E-state index in [4.69, 9.17) is 4.74 Å². The molecule has 3 nitrogen and oxygen atoms in total. The Labute approximate surface area is 84.9 Å². The molecule has 0 aliphatic rings. The SMILES string of the molecule is COc1cccc(N(C)C[C@@H](C)O)c1. The number of anilines is 1. The van der Waals surface area contributed by atoms with Gasteiger partial charge in [0, 0.05) is 25.3 Å². The number of hydrogen-bond acceptors (Lipinski definition) is 3. The van der Waals surface area contributed by atoms with Gasteiger partial charge in [0.2, 0.25) is 0 Å². The molecule has 1 aromatic rings. The highest BCUT2D eigenvalue weighted by Gasteiger charge is 2.04. The Morgan fingerprint density at radius 1 is 1.50 bits per heavy atom. The number of rotatable bonds is 4. The van der Waals surface area contributed by atoms with E-state index in [0.717, 1.165) is 11.4 Å². The fraction of sp³-hybridized carbons (Fsp3) is 0.455. The smallest absolute Gasteiger partial charge is 0.120 e. The lowest BCUT2D eigenvalue weighted by molar-refractivity contribution is 0.201. The molecule has 78 valence electrons. The first-order chi connectivity index (χ1) is 6.63. The largest absolute Gasteiger partial charge is 0.497 e. The van der Waals surface area contributed by atoms with Crippen LogP contribution in [-0.4, -0.2) is 31.9 Å².